The number of rotatable bonds is 8. The molecule has 9 heteroatoms. The molecule has 0 aliphatic carbocycles. The third-order valence-electron chi connectivity index (χ3n) is 5.79. The first-order valence-corrected chi connectivity index (χ1v) is 11.9. The van der Waals surface area contributed by atoms with Crippen molar-refractivity contribution in [1.82, 2.24) is 9.80 Å². The zero-order valence-electron chi connectivity index (χ0n) is 16.9. The molecule has 8 nitrogen and oxygen atoms in total. The molecule has 0 aromatic heterocycles. The van der Waals surface area contributed by atoms with Gasteiger partial charge < -0.3 is 15.0 Å². The van der Waals surface area contributed by atoms with Crippen molar-refractivity contribution in [2.75, 3.05) is 57.8 Å². The zero-order valence-corrected chi connectivity index (χ0v) is 17.7. The molecule has 0 unspecified atom stereocenters. The summed E-state index contributed by atoms with van der Waals surface area (Å²) in [4.78, 5) is 17.1. The van der Waals surface area contributed by atoms with Crippen LogP contribution in [0.15, 0.2) is 29.2 Å². The van der Waals surface area contributed by atoms with Crippen LogP contribution in [0.5, 0.6) is 0 Å². The topological polar surface area (TPSA) is 105 Å². The van der Waals surface area contributed by atoms with E-state index in [0.29, 0.717) is 12.1 Å². The van der Waals surface area contributed by atoms with Crippen LogP contribution in [0.25, 0.3) is 0 Å². The van der Waals surface area contributed by atoms with Crippen LogP contribution in [0.2, 0.25) is 0 Å². The van der Waals surface area contributed by atoms with Gasteiger partial charge in [0.05, 0.1) is 18.1 Å². The number of primary sulfonamides is 1. The van der Waals surface area contributed by atoms with Crippen LogP contribution in [-0.2, 0) is 19.6 Å². The number of piperidine rings is 1. The largest absolute Gasteiger partial charge is 0.379 e. The molecule has 0 spiro atoms. The third-order valence-corrected chi connectivity index (χ3v) is 6.72. The molecule has 2 fully saturated rings. The van der Waals surface area contributed by atoms with Crippen LogP contribution in [-0.4, -0.2) is 76.6 Å². The van der Waals surface area contributed by atoms with Crippen molar-refractivity contribution >= 4 is 21.6 Å². The Morgan fingerprint density at radius 1 is 1.03 bits per heavy atom. The normalized spacial score (nSPS) is 19.9. The molecule has 3 N–H and O–H groups in total. The molecule has 0 bridgehead atoms. The number of likely N-dealkylation sites (tertiary alicyclic amines) is 1. The van der Waals surface area contributed by atoms with E-state index in [-0.39, 0.29) is 10.8 Å². The molecule has 0 saturated carbocycles. The lowest BCUT2D eigenvalue weighted by molar-refractivity contribution is -0.116. The number of nitrogens with zero attached hydrogens (tertiary/aromatic N) is 2. The average molecular weight is 425 g/mol. The maximum absolute atomic E-state index is 12.2. The molecule has 162 valence electrons. The van der Waals surface area contributed by atoms with Gasteiger partial charge in [0, 0.05) is 31.7 Å². The van der Waals surface area contributed by atoms with E-state index in [2.05, 4.69) is 15.1 Å². The molecule has 1 aromatic carbocycles. The van der Waals surface area contributed by atoms with Gasteiger partial charge in [0.2, 0.25) is 15.9 Å². The highest BCUT2D eigenvalue weighted by molar-refractivity contribution is 7.89. The molecule has 2 aliphatic rings. The second kappa shape index (κ2) is 10.5. The summed E-state index contributed by atoms with van der Waals surface area (Å²) < 4.78 is 27.9. The molecule has 2 aliphatic heterocycles. The van der Waals surface area contributed by atoms with Crippen molar-refractivity contribution in [1.29, 1.82) is 0 Å². The first-order chi connectivity index (χ1) is 13.9. The van der Waals surface area contributed by atoms with Gasteiger partial charge in [-0.1, -0.05) is 0 Å². The maximum atomic E-state index is 12.2. The summed E-state index contributed by atoms with van der Waals surface area (Å²) >= 11 is 0. The van der Waals surface area contributed by atoms with Crippen molar-refractivity contribution in [3.8, 4) is 0 Å². The summed E-state index contributed by atoms with van der Waals surface area (Å²) in [5, 5.41) is 7.89. The van der Waals surface area contributed by atoms with Gasteiger partial charge in [-0.3, -0.25) is 9.69 Å². The number of sulfonamides is 1. The summed E-state index contributed by atoms with van der Waals surface area (Å²) in [6, 6.07) is 5.90. The molecule has 1 aromatic rings. The van der Waals surface area contributed by atoms with E-state index in [1.54, 1.807) is 12.1 Å². The third kappa shape index (κ3) is 7.35. The fraction of sp³-hybridized carbons (Fsp3) is 0.650. The highest BCUT2D eigenvalue weighted by Crippen LogP contribution is 2.21. The van der Waals surface area contributed by atoms with Crippen LogP contribution in [0.4, 0.5) is 5.69 Å². The first kappa shape index (κ1) is 22.2. The number of carbonyl (C=O) groups excluding carboxylic acids is 1. The number of anilines is 1. The molecular weight excluding hydrogens is 392 g/mol. The predicted molar refractivity (Wildman–Crippen MR) is 112 cm³/mol. The Kier molecular flexibility index (Phi) is 8.02. The van der Waals surface area contributed by atoms with Gasteiger partial charge >= 0.3 is 0 Å². The van der Waals surface area contributed by atoms with Gasteiger partial charge in [0.1, 0.15) is 0 Å². The lowest BCUT2D eigenvalue weighted by Gasteiger charge is -2.33. The van der Waals surface area contributed by atoms with Crippen LogP contribution in [0.3, 0.4) is 0 Å². The molecule has 2 saturated heterocycles. The highest BCUT2D eigenvalue weighted by atomic mass is 32.2. The second-order valence-electron chi connectivity index (χ2n) is 7.90. The summed E-state index contributed by atoms with van der Waals surface area (Å²) in [6.07, 6.45) is 4.07. The van der Waals surface area contributed by atoms with Gasteiger partial charge in [-0.2, -0.15) is 0 Å². The van der Waals surface area contributed by atoms with Gasteiger partial charge in [0.25, 0.3) is 0 Å². The molecule has 0 radical (unpaired) electrons. The van der Waals surface area contributed by atoms with Crippen LogP contribution >= 0.6 is 0 Å². The number of nitrogens with two attached hydrogens (primary N) is 1. The van der Waals surface area contributed by atoms with E-state index in [1.807, 2.05) is 0 Å². The Bertz CT molecular complexity index is 755. The Morgan fingerprint density at radius 2 is 1.66 bits per heavy atom. The number of carbonyl (C=O) groups is 1. The predicted octanol–water partition coefficient (Wildman–Crippen LogP) is 1.10. The fourth-order valence-corrected chi connectivity index (χ4v) is 4.42. The van der Waals surface area contributed by atoms with Crippen LogP contribution < -0.4 is 10.5 Å². The second-order valence-corrected chi connectivity index (χ2v) is 9.46. The molecule has 1 amide bonds. The number of benzene rings is 1. The van der Waals surface area contributed by atoms with Crippen LogP contribution in [0.1, 0.15) is 25.7 Å². The van der Waals surface area contributed by atoms with E-state index in [1.165, 1.54) is 37.9 Å². The first-order valence-electron chi connectivity index (χ1n) is 10.4. The number of hydrogen-bond acceptors (Lipinski definition) is 6. The molecule has 29 heavy (non-hydrogen) atoms. The Morgan fingerprint density at radius 3 is 2.28 bits per heavy atom. The quantitative estimate of drug-likeness (QED) is 0.647. The molecule has 2 heterocycles. The smallest absolute Gasteiger partial charge is 0.238 e. The van der Waals surface area contributed by atoms with E-state index in [4.69, 9.17) is 9.88 Å². The van der Waals surface area contributed by atoms with Gasteiger partial charge in [-0.15, -0.1) is 0 Å². The minimum atomic E-state index is -3.72. The SMILES string of the molecule is NS(=O)(=O)c1ccc(NC(=O)CCN2CCC(CCN3CCOCC3)CC2)cc1. The van der Waals surface area contributed by atoms with E-state index in [9.17, 15) is 13.2 Å². The minimum absolute atomic E-state index is 0.0342. The van der Waals surface area contributed by atoms with Gasteiger partial charge in [0.15, 0.2) is 0 Å². The molecular formula is C20H32N4O4S. The number of ether oxygens (including phenoxy) is 1. The van der Waals surface area contributed by atoms with Crippen LogP contribution in [0, 0.1) is 5.92 Å². The highest BCUT2D eigenvalue weighted by Gasteiger charge is 2.21. The summed E-state index contributed by atoms with van der Waals surface area (Å²) in [5.74, 6) is 0.711. The minimum Gasteiger partial charge on any atom is -0.379 e. The van der Waals surface area contributed by atoms with Crippen molar-refractivity contribution in [3.63, 3.8) is 0 Å². The van der Waals surface area contributed by atoms with Crippen molar-refractivity contribution in [2.45, 2.75) is 30.6 Å². The Hall–Kier alpha value is -1.52. The Balaban J connectivity index is 1.32. The zero-order chi connectivity index (χ0) is 20.7. The fourth-order valence-electron chi connectivity index (χ4n) is 3.90. The summed E-state index contributed by atoms with van der Waals surface area (Å²) in [7, 11) is -3.72. The number of morpholine rings is 1. The number of nitrogens with one attached hydrogen (secondary N) is 1. The summed E-state index contributed by atoms with van der Waals surface area (Å²) in [5.41, 5.74) is 0.573. The Labute approximate surface area is 173 Å². The lowest BCUT2D eigenvalue weighted by atomic mass is 9.93. The van der Waals surface area contributed by atoms with Crippen molar-refractivity contribution in [3.05, 3.63) is 24.3 Å². The van der Waals surface area contributed by atoms with Gasteiger partial charge in [-0.25, -0.2) is 13.6 Å². The molecule has 3 rings (SSSR count). The van der Waals surface area contributed by atoms with E-state index < -0.39 is 10.0 Å². The average Bonchev–Trinajstić information content (AvgIpc) is 2.72. The monoisotopic (exact) mass is 424 g/mol. The maximum Gasteiger partial charge on any atom is 0.238 e. The molecule has 0 atom stereocenters. The summed E-state index contributed by atoms with van der Waals surface area (Å²) in [6.45, 7) is 7.83. The van der Waals surface area contributed by atoms with E-state index >= 15 is 0 Å². The standard InChI is InChI=1S/C20H32N4O4S/c21-29(26,27)19-3-1-18(2-4-19)22-20(25)8-12-23-9-5-17(6-10-23)7-11-24-13-15-28-16-14-24/h1-4,17H,5-16H2,(H,22,25)(H2,21,26,27). The number of amides is 1. The van der Waals surface area contributed by atoms with Gasteiger partial charge in [-0.05, 0) is 69.1 Å². The van der Waals surface area contributed by atoms with Crippen molar-refractivity contribution in [2.24, 2.45) is 11.1 Å². The lowest BCUT2D eigenvalue weighted by Crippen LogP contribution is -2.39. The van der Waals surface area contributed by atoms with Crippen molar-refractivity contribution < 1.29 is 17.9 Å². The number of hydrogen-bond donors (Lipinski definition) is 2. The van der Waals surface area contributed by atoms with E-state index in [0.717, 1.165) is 51.9 Å².